The summed E-state index contributed by atoms with van der Waals surface area (Å²) >= 11 is 0. The van der Waals surface area contributed by atoms with Crippen LogP contribution in [-0.4, -0.2) is 33.3 Å². The van der Waals surface area contributed by atoms with E-state index in [0.717, 1.165) is 0 Å². The van der Waals surface area contributed by atoms with Crippen LogP contribution in [0.25, 0.3) is 0 Å². The van der Waals surface area contributed by atoms with Gasteiger partial charge >= 0.3 is 0 Å². The Bertz CT molecular complexity index is 543. The summed E-state index contributed by atoms with van der Waals surface area (Å²) < 4.78 is 32.2. The molecular formula is C13H22N2O4S. The number of benzene rings is 1. The van der Waals surface area contributed by atoms with Crippen LogP contribution in [0.3, 0.4) is 0 Å². The fourth-order valence-electron chi connectivity index (χ4n) is 1.92. The summed E-state index contributed by atoms with van der Waals surface area (Å²) in [6, 6.07) is 3.81. The second kappa shape index (κ2) is 6.92. The molecule has 1 rings (SSSR count). The molecule has 0 bridgehead atoms. The Morgan fingerprint density at radius 3 is 2.55 bits per heavy atom. The van der Waals surface area contributed by atoms with Gasteiger partial charge in [0, 0.05) is 17.8 Å². The zero-order valence-corrected chi connectivity index (χ0v) is 12.8. The number of nitrogens with one attached hydrogen (secondary N) is 1. The van der Waals surface area contributed by atoms with Crippen molar-refractivity contribution in [3.8, 4) is 5.75 Å². The van der Waals surface area contributed by atoms with Crippen LogP contribution in [0, 0.1) is 5.92 Å². The van der Waals surface area contributed by atoms with Crippen molar-refractivity contribution in [2.75, 3.05) is 19.5 Å². The van der Waals surface area contributed by atoms with Gasteiger partial charge in [0.1, 0.15) is 10.6 Å². The Balaban J connectivity index is 3.04. The number of aliphatic hydroxyl groups is 1. The highest BCUT2D eigenvalue weighted by Gasteiger charge is 2.23. The summed E-state index contributed by atoms with van der Waals surface area (Å²) in [5, 5.41) is 9.28. The van der Waals surface area contributed by atoms with E-state index in [-0.39, 0.29) is 23.2 Å². The first kappa shape index (κ1) is 16.7. The largest absolute Gasteiger partial charge is 0.495 e. The molecule has 0 heterocycles. The Morgan fingerprint density at radius 2 is 2.05 bits per heavy atom. The van der Waals surface area contributed by atoms with Crippen molar-refractivity contribution in [2.45, 2.75) is 31.2 Å². The van der Waals surface area contributed by atoms with Crippen molar-refractivity contribution >= 4 is 15.7 Å². The van der Waals surface area contributed by atoms with E-state index in [1.807, 2.05) is 13.8 Å². The average molecular weight is 302 g/mol. The quantitative estimate of drug-likeness (QED) is 0.651. The molecule has 1 aromatic carbocycles. The van der Waals surface area contributed by atoms with E-state index in [1.165, 1.54) is 25.3 Å². The van der Waals surface area contributed by atoms with Crippen LogP contribution in [0.4, 0.5) is 5.69 Å². The minimum Gasteiger partial charge on any atom is -0.495 e. The molecule has 0 aliphatic rings. The predicted octanol–water partition coefficient (Wildman–Crippen LogP) is 0.963. The Morgan fingerprint density at radius 1 is 1.40 bits per heavy atom. The van der Waals surface area contributed by atoms with Crippen LogP contribution in [-0.2, 0) is 10.0 Å². The molecule has 0 saturated heterocycles. The Labute approximate surface area is 120 Å². The maximum atomic E-state index is 12.3. The number of methoxy groups -OCH3 is 1. The van der Waals surface area contributed by atoms with Gasteiger partial charge in [-0.1, -0.05) is 13.8 Å². The van der Waals surface area contributed by atoms with Crippen LogP contribution in [0.2, 0.25) is 0 Å². The monoisotopic (exact) mass is 302 g/mol. The molecule has 6 nitrogen and oxygen atoms in total. The molecule has 0 saturated carbocycles. The summed E-state index contributed by atoms with van der Waals surface area (Å²) in [5.74, 6) is 0.446. The first-order chi connectivity index (χ1) is 9.30. The van der Waals surface area contributed by atoms with Crippen molar-refractivity contribution in [1.29, 1.82) is 0 Å². The molecule has 114 valence electrons. The van der Waals surface area contributed by atoms with E-state index in [4.69, 9.17) is 10.5 Å². The molecule has 0 spiro atoms. The van der Waals surface area contributed by atoms with Gasteiger partial charge in [0.05, 0.1) is 13.7 Å². The van der Waals surface area contributed by atoms with Gasteiger partial charge in [0.2, 0.25) is 10.0 Å². The highest BCUT2D eigenvalue weighted by molar-refractivity contribution is 7.89. The molecule has 20 heavy (non-hydrogen) atoms. The Kier molecular flexibility index (Phi) is 5.79. The van der Waals surface area contributed by atoms with Crippen molar-refractivity contribution in [2.24, 2.45) is 5.92 Å². The number of hydrogen-bond donors (Lipinski definition) is 3. The van der Waals surface area contributed by atoms with E-state index in [2.05, 4.69) is 4.72 Å². The summed E-state index contributed by atoms with van der Waals surface area (Å²) in [6.45, 7) is 3.66. The third kappa shape index (κ3) is 4.36. The van der Waals surface area contributed by atoms with Gasteiger partial charge in [-0.2, -0.15) is 0 Å². The lowest BCUT2D eigenvalue weighted by Gasteiger charge is -2.19. The maximum absolute atomic E-state index is 12.3. The summed E-state index contributed by atoms with van der Waals surface area (Å²) in [7, 11) is -2.39. The normalized spacial score (nSPS) is 13.4. The van der Waals surface area contributed by atoms with Gasteiger partial charge in [-0.05, 0) is 24.5 Å². The molecule has 0 aliphatic heterocycles. The van der Waals surface area contributed by atoms with Crippen molar-refractivity contribution < 1.29 is 18.3 Å². The predicted molar refractivity (Wildman–Crippen MR) is 78.1 cm³/mol. The Hall–Kier alpha value is -1.31. The van der Waals surface area contributed by atoms with Crippen LogP contribution in [0.5, 0.6) is 5.75 Å². The minimum absolute atomic E-state index is 0.0106. The average Bonchev–Trinajstić information content (AvgIpc) is 2.36. The molecular weight excluding hydrogens is 280 g/mol. The lowest BCUT2D eigenvalue weighted by atomic mass is 10.1. The van der Waals surface area contributed by atoms with E-state index < -0.39 is 16.1 Å². The van der Waals surface area contributed by atoms with Gasteiger partial charge < -0.3 is 15.6 Å². The summed E-state index contributed by atoms with van der Waals surface area (Å²) in [5.41, 5.74) is 6.02. The zero-order valence-electron chi connectivity index (χ0n) is 12.0. The van der Waals surface area contributed by atoms with Crippen LogP contribution in [0.15, 0.2) is 23.1 Å². The van der Waals surface area contributed by atoms with Gasteiger partial charge in [-0.15, -0.1) is 0 Å². The number of anilines is 1. The molecule has 0 radical (unpaired) electrons. The number of rotatable bonds is 7. The van der Waals surface area contributed by atoms with Gasteiger partial charge in [0.15, 0.2) is 0 Å². The first-order valence-electron chi connectivity index (χ1n) is 6.37. The molecule has 4 N–H and O–H groups in total. The highest BCUT2D eigenvalue weighted by atomic mass is 32.2. The fourth-order valence-corrected chi connectivity index (χ4v) is 3.31. The molecule has 0 aromatic heterocycles. The number of nitrogens with two attached hydrogens (primary N) is 1. The fraction of sp³-hybridized carbons (Fsp3) is 0.538. The number of ether oxygens (including phenoxy) is 1. The standard InChI is InChI=1S/C13H22N2O4S/c1-9(2)6-11(8-16)15-20(17,18)13-5-4-10(14)7-12(13)19-3/h4-5,7,9,11,15-16H,6,8,14H2,1-3H3. The van der Waals surface area contributed by atoms with E-state index in [0.29, 0.717) is 12.1 Å². The van der Waals surface area contributed by atoms with Crippen LogP contribution >= 0.6 is 0 Å². The molecule has 1 atom stereocenters. The second-order valence-corrected chi connectivity index (χ2v) is 6.72. The first-order valence-corrected chi connectivity index (χ1v) is 7.85. The number of hydrogen-bond acceptors (Lipinski definition) is 5. The smallest absolute Gasteiger partial charge is 0.244 e. The molecule has 1 aromatic rings. The number of sulfonamides is 1. The summed E-state index contributed by atoms with van der Waals surface area (Å²) in [6.07, 6.45) is 0.549. The van der Waals surface area contributed by atoms with E-state index in [9.17, 15) is 13.5 Å². The van der Waals surface area contributed by atoms with Crippen molar-refractivity contribution in [3.05, 3.63) is 18.2 Å². The maximum Gasteiger partial charge on any atom is 0.244 e. The third-order valence-corrected chi connectivity index (χ3v) is 4.34. The lowest BCUT2D eigenvalue weighted by molar-refractivity contribution is 0.240. The number of aliphatic hydroxyl groups excluding tert-OH is 1. The topological polar surface area (TPSA) is 102 Å². The molecule has 0 amide bonds. The molecule has 1 unspecified atom stereocenters. The van der Waals surface area contributed by atoms with Crippen molar-refractivity contribution in [1.82, 2.24) is 4.72 Å². The molecule has 0 aliphatic carbocycles. The van der Waals surface area contributed by atoms with E-state index in [1.54, 1.807) is 0 Å². The number of nitrogen functional groups attached to an aromatic ring is 1. The second-order valence-electron chi connectivity index (χ2n) is 5.04. The van der Waals surface area contributed by atoms with Gasteiger partial charge in [0.25, 0.3) is 0 Å². The zero-order chi connectivity index (χ0) is 15.3. The van der Waals surface area contributed by atoms with E-state index >= 15 is 0 Å². The van der Waals surface area contributed by atoms with Gasteiger partial charge in [-0.25, -0.2) is 13.1 Å². The third-order valence-electron chi connectivity index (χ3n) is 2.78. The van der Waals surface area contributed by atoms with Crippen LogP contribution < -0.4 is 15.2 Å². The molecule has 0 fully saturated rings. The summed E-state index contributed by atoms with van der Waals surface area (Å²) in [4.78, 5) is 0.0106. The minimum atomic E-state index is -3.77. The molecule has 7 heteroatoms. The van der Waals surface area contributed by atoms with Crippen molar-refractivity contribution in [3.63, 3.8) is 0 Å². The van der Waals surface area contributed by atoms with Crippen LogP contribution in [0.1, 0.15) is 20.3 Å². The van der Waals surface area contributed by atoms with Gasteiger partial charge in [-0.3, -0.25) is 0 Å². The SMILES string of the molecule is COc1cc(N)ccc1S(=O)(=O)NC(CO)CC(C)C. The lowest BCUT2D eigenvalue weighted by Crippen LogP contribution is -2.38. The highest BCUT2D eigenvalue weighted by Crippen LogP contribution is 2.26.